The molecule has 2 N–H and O–H groups in total. The van der Waals surface area contributed by atoms with Gasteiger partial charge in [0.15, 0.2) is 0 Å². The van der Waals surface area contributed by atoms with Crippen molar-refractivity contribution in [2.75, 3.05) is 17.2 Å². The second-order valence-corrected chi connectivity index (χ2v) is 4.76. The van der Waals surface area contributed by atoms with Crippen molar-refractivity contribution in [2.24, 2.45) is 7.05 Å². The molecule has 0 atom stereocenters. The maximum atomic E-state index is 4.54. The third kappa shape index (κ3) is 3.94. The third-order valence-corrected chi connectivity index (χ3v) is 2.78. The minimum Gasteiger partial charge on any atom is -0.370 e. The van der Waals surface area contributed by atoms with Gasteiger partial charge in [-0.2, -0.15) is 5.10 Å². The fourth-order valence-corrected chi connectivity index (χ4v) is 1.87. The standard InChI is InChI=1S/C14H22N6/c1-4-6-12-18-13(15-7-5-2)8-14(19-12)17-11-9-16-20(3)10-11/h8-10H,4-7H2,1-3H3,(H2,15,17,18,19). The summed E-state index contributed by atoms with van der Waals surface area (Å²) >= 11 is 0. The molecule has 0 bridgehead atoms. The summed E-state index contributed by atoms with van der Waals surface area (Å²) in [4.78, 5) is 9.06. The number of nitrogens with zero attached hydrogens (tertiary/aromatic N) is 4. The largest absolute Gasteiger partial charge is 0.370 e. The molecule has 2 aromatic heterocycles. The molecule has 0 saturated heterocycles. The van der Waals surface area contributed by atoms with E-state index in [1.807, 2.05) is 19.3 Å². The molecule has 0 aliphatic heterocycles. The van der Waals surface area contributed by atoms with Crippen molar-refractivity contribution in [3.63, 3.8) is 0 Å². The van der Waals surface area contributed by atoms with Crippen LogP contribution < -0.4 is 10.6 Å². The Hall–Kier alpha value is -2.11. The van der Waals surface area contributed by atoms with E-state index in [1.165, 1.54) is 0 Å². The van der Waals surface area contributed by atoms with Crippen molar-refractivity contribution in [3.05, 3.63) is 24.3 Å². The second-order valence-electron chi connectivity index (χ2n) is 4.76. The Morgan fingerprint density at radius 2 is 1.95 bits per heavy atom. The highest BCUT2D eigenvalue weighted by Gasteiger charge is 2.05. The fourth-order valence-electron chi connectivity index (χ4n) is 1.87. The molecule has 0 saturated carbocycles. The lowest BCUT2D eigenvalue weighted by atomic mass is 10.3. The van der Waals surface area contributed by atoms with E-state index in [1.54, 1.807) is 10.9 Å². The molecule has 0 fully saturated rings. The third-order valence-electron chi connectivity index (χ3n) is 2.78. The highest BCUT2D eigenvalue weighted by Crippen LogP contribution is 2.17. The molecule has 0 aliphatic rings. The Kier molecular flexibility index (Phi) is 4.92. The first-order valence-electron chi connectivity index (χ1n) is 7.08. The summed E-state index contributed by atoms with van der Waals surface area (Å²) in [5.41, 5.74) is 0.926. The molecule has 0 aromatic carbocycles. The summed E-state index contributed by atoms with van der Waals surface area (Å²) in [6.45, 7) is 5.18. The van der Waals surface area contributed by atoms with E-state index >= 15 is 0 Å². The predicted octanol–water partition coefficient (Wildman–Crippen LogP) is 2.73. The number of anilines is 3. The lowest BCUT2D eigenvalue weighted by Crippen LogP contribution is -2.07. The van der Waals surface area contributed by atoms with Gasteiger partial charge in [-0.05, 0) is 12.8 Å². The van der Waals surface area contributed by atoms with Crippen LogP contribution >= 0.6 is 0 Å². The van der Waals surface area contributed by atoms with Gasteiger partial charge in [-0.1, -0.05) is 13.8 Å². The zero-order chi connectivity index (χ0) is 14.4. The lowest BCUT2D eigenvalue weighted by molar-refractivity contribution is 0.768. The van der Waals surface area contributed by atoms with Crippen LogP contribution in [0.3, 0.4) is 0 Å². The zero-order valence-electron chi connectivity index (χ0n) is 12.3. The van der Waals surface area contributed by atoms with Gasteiger partial charge in [0.1, 0.15) is 17.5 Å². The van der Waals surface area contributed by atoms with E-state index in [4.69, 9.17) is 0 Å². The molecule has 2 heterocycles. The van der Waals surface area contributed by atoms with Crippen molar-refractivity contribution in [1.82, 2.24) is 19.7 Å². The van der Waals surface area contributed by atoms with Crippen LogP contribution in [0.4, 0.5) is 17.3 Å². The number of aromatic nitrogens is 4. The SMILES string of the molecule is CCCNc1cc(Nc2cnn(C)c2)nc(CCC)n1. The molecular weight excluding hydrogens is 252 g/mol. The molecule has 108 valence electrons. The van der Waals surface area contributed by atoms with Crippen LogP contribution in [0.15, 0.2) is 18.5 Å². The van der Waals surface area contributed by atoms with Crippen LogP contribution in [-0.2, 0) is 13.5 Å². The lowest BCUT2D eigenvalue weighted by Gasteiger charge is -2.09. The number of hydrogen-bond acceptors (Lipinski definition) is 5. The highest BCUT2D eigenvalue weighted by molar-refractivity contribution is 5.57. The molecule has 0 amide bonds. The summed E-state index contributed by atoms with van der Waals surface area (Å²) in [7, 11) is 1.89. The first-order chi connectivity index (χ1) is 9.71. The van der Waals surface area contributed by atoms with Gasteiger partial charge in [0, 0.05) is 32.3 Å². The van der Waals surface area contributed by atoms with Crippen molar-refractivity contribution >= 4 is 17.3 Å². The minimum atomic E-state index is 0.801. The summed E-state index contributed by atoms with van der Waals surface area (Å²) in [6, 6.07) is 1.93. The van der Waals surface area contributed by atoms with Crippen LogP contribution in [0.5, 0.6) is 0 Å². The van der Waals surface area contributed by atoms with Gasteiger partial charge >= 0.3 is 0 Å². The topological polar surface area (TPSA) is 67.7 Å². The van der Waals surface area contributed by atoms with E-state index in [0.717, 1.165) is 49.0 Å². The Morgan fingerprint density at radius 1 is 1.15 bits per heavy atom. The predicted molar refractivity (Wildman–Crippen MR) is 81.3 cm³/mol. The first kappa shape index (κ1) is 14.3. The van der Waals surface area contributed by atoms with Crippen LogP contribution in [-0.4, -0.2) is 26.3 Å². The van der Waals surface area contributed by atoms with E-state index in [9.17, 15) is 0 Å². The van der Waals surface area contributed by atoms with Gasteiger partial charge in [0.05, 0.1) is 11.9 Å². The fraction of sp³-hybridized carbons (Fsp3) is 0.500. The molecule has 2 aromatic rings. The van der Waals surface area contributed by atoms with Crippen LogP contribution in [0, 0.1) is 0 Å². The van der Waals surface area contributed by atoms with Gasteiger partial charge in [0.2, 0.25) is 0 Å². The van der Waals surface area contributed by atoms with E-state index in [0.29, 0.717) is 0 Å². The molecule has 0 spiro atoms. The monoisotopic (exact) mass is 274 g/mol. The Bertz CT molecular complexity index is 548. The molecule has 6 heteroatoms. The second kappa shape index (κ2) is 6.88. The highest BCUT2D eigenvalue weighted by atomic mass is 15.3. The number of nitrogens with one attached hydrogen (secondary N) is 2. The van der Waals surface area contributed by atoms with Gasteiger partial charge in [-0.3, -0.25) is 4.68 Å². The van der Waals surface area contributed by atoms with Crippen LogP contribution in [0.25, 0.3) is 0 Å². The van der Waals surface area contributed by atoms with Gasteiger partial charge in [-0.25, -0.2) is 9.97 Å². The average molecular weight is 274 g/mol. The number of hydrogen-bond donors (Lipinski definition) is 2. The number of aryl methyl sites for hydroxylation is 2. The molecule has 20 heavy (non-hydrogen) atoms. The van der Waals surface area contributed by atoms with Crippen molar-refractivity contribution < 1.29 is 0 Å². The summed E-state index contributed by atoms with van der Waals surface area (Å²) in [6.07, 6.45) is 6.67. The van der Waals surface area contributed by atoms with E-state index in [-0.39, 0.29) is 0 Å². The van der Waals surface area contributed by atoms with Crippen LogP contribution in [0.2, 0.25) is 0 Å². The summed E-state index contributed by atoms with van der Waals surface area (Å²) in [5.74, 6) is 2.53. The Balaban J connectivity index is 2.18. The normalized spacial score (nSPS) is 10.6. The Labute approximate surface area is 119 Å². The Morgan fingerprint density at radius 3 is 2.60 bits per heavy atom. The maximum Gasteiger partial charge on any atom is 0.136 e. The molecule has 0 radical (unpaired) electrons. The van der Waals surface area contributed by atoms with Gasteiger partial charge in [0.25, 0.3) is 0 Å². The zero-order valence-corrected chi connectivity index (χ0v) is 12.3. The van der Waals surface area contributed by atoms with Crippen molar-refractivity contribution in [3.8, 4) is 0 Å². The number of rotatable bonds is 7. The van der Waals surface area contributed by atoms with Gasteiger partial charge < -0.3 is 10.6 Å². The first-order valence-corrected chi connectivity index (χ1v) is 7.08. The van der Waals surface area contributed by atoms with Crippen LogP contribution in [0.1, 0.15) is 32.5 Å². The molecular formula is C14H22N6. The molecule has 2 rings (SSSR count). The minimum absolute atomic E-state index is 0.801. The van der Waals surface area contributed by atoms with E-state index in [2.05, 4.69) is 39.5 Å². The van der Waals surface area contributed by atoms with Gasteiger partial charge in [-0.15, -0.1) is 0 Å². The quantitative estimate of drug-likeness (QED) is 0.812. The maximum absolute atomic E-state index is 4.54. The van der Waals surface area contributed by atoms with E-state index < -0.39 is 0 Å². The average Bonchev–Trinajstić information content (AvgIpc) is 2.82. The summed E-state index contributed by atoms with van der Waals surface area (Å²) < 4.78 is 1.76. The smallest absolute Gasteiger partial charge is 0.136 e. The summed E-state index contributed by atoms with van der Waals surface area (Å²) in [5, 5.41) is 10.7. The molecule has 0 unspecified atom stereocenters. The molecule has 0 aliphatic carbocycles. The van der Waals surface area contributed by atoms with Crippen molar-refractivity contribution in [1.29, 1.82) is 0 Å². The molecule has 6 nitrogen and oxygen atoms in total. The van der Waals surface area contributed by atoms with Crippen molar-refractivity contribution in [2.45, 2.75) is 33.1 Å².